The molecule has 0 spiro atoms. The van der Waals surface area contributed by atoms with Gasteiger partial charge in [0.2, 0.25) is 0 Å². The summed E-state index contributed by atoms with van der Waals surface area (Å²) in [7, 11) is 1.57. The topological polar surface area (TPSA) is 62.7 Å². The minimum Gasteiger partial charge on any atom is -0.497 e. The third-order valence-electron chi connectivity index (χ3n) is 1.32. The van der Waals surface area contributed by atoms with Crippen LogP contribution in [-0.4, -0.2) is 7.11 Å². The maximum absolute atomic E-state index is 9.68. The molecule has 0 saturated heterocycles. The van der Waals surface area contributed by atoms with Gasteiger partial charge in [-0.1, -0.05) is 6.07 Å². The van der Waals surface area contributed by atoms with Crippen LogP contribution in [0.5, 0.6) is 5.75 Å². The number of benzene rings is 1. The van der Waals surface area contributed by atoms with Crippen molar-refractivity contribution in [2.75, 3.05) is 12.5 Å². The third kappa shape index (κ3) is 3.62. The average Bonchev–Trinajstić information content (AvgIpc) is 2.15. The van der Waals surface area contributed by atoms with Gasteiger partial charge in [-0.15, -0.1) is 17.3 Å². The van der Waals surface area contributed by atoms with E-state index in [4.69, 9.17) is 4.74 Å². The number of nitrogens with zero attached hydrogens (tertiary/aromatic N) is 1. The Bertz CT molecular complexity index is 270. The molecule has 1 rings (SSSR count). The molecule has 0 aromatic heterocycles. The van der Waals surface area contributed by atoms with Crippen LogP contribution in [0.25, 0.3) is 0 Å². The first-order chi connectivity index (χ1) is 5.86. The lowest BCUT2D eigenvalue weighted by Crippen LogP contribution is -2.13. The van der Waals surface area contributed by atoms with Gasteiger partial charge in [-0.3, -0.25) is 5.43 Å². The summed E-state index contributed by atoms with van der Waals surface area (Å²) in [4.78, 5) is 9.68. The predicted molar refractivity (Wildman–Crippen MR) is 52.8 cm³/mol. The molecular formula is C7H10ClN3O2. The highest BCUT2D eigenvalue weighted by Crippen LogP contribution is 2.15. The lowest BCUT2D eigenvalue weighted by Gasteiger charge is -2.04. The summed E-state index contributed by atoms with van der Waals surface area (Å²) in [5.74, 6) is 0.715. The number of halogens is 1. The summed E-state index contributed by atoms with van der Waals surface area (Å²) in [6, 6.07) is 7.12. The van der Waals surface area contributed by atoms with Crippen LogP contribution < -0.4 is 15.7 Å². The highest BCUT2D eigenvalue weighted by molar-refractivity contribution is 5.85. The van der Waals surface area contributed by atoms with Crippen molar-refractivity contribution in [3.8, 4) is 5.75 Å². The number of rotatable bonds is 4. The molecular weight excluding hydrogens is 194 g/mol. The second kappa shape index (κ2) is 6.07. The Balaban J connectivity index is 0.00000144. The molecule has 0 amide bonds. The quantitative estimate of drug-likeness (QED) is 0.578. The molecule has 1 aromatic rings. The van der Waals surface area contributed by atoms with Gasteiger partial charge in [-0.05, 0) is 12.1 Å². The van der Waals surface area contributed by atoms with Crippen molar-refractivity contribution in [2.24, 2.45) is 5.29 Å². The molecule has 2 N–H and O–H groups in total. The zero-order valence-electron chi connectivity index (χ0n) is 6.98. The smallest absolute Gasteiger partial charge is 0.120 e. The number of hydrogen-bond acceptors (Lipinski definition) is 4. The van der Waals surface area contributed by atoms with Crippen LogP contribution >= 0.6 is 12.4 Å². The predicted octanol–water partition coefficient (Wildman–Crippen LogP) is 1.71. The van der Waals surface area contributed by atoms with Gasteiger partial charge in [0.25, 0.3) is 0 Å². The Hall–Kier alpha value is -1.49. The SMILES string of the molecule is COc1cccc(NNN=O)c1.Cl. The standard InChI is InChI=1S/C7H9N3O2.ClH/c1-12-7-4-2-3-6(5-7)8-9-10-11;/h2-5H,1H3,(H,8,10)(H,9,11);1H. The van der Waals surface area contributed by atoms with Crippen molar-refractivity contribution in [2.45, 2.75) is 0 Å². The molecule has 13 heavy (non-hydrogen) atoms. The van der Waals surface area contributed by atoms with Gasteiger partial charge in [0.15, 0.2) is 0 Å². The van der Waals surface area contributed by atoms with E-state index in [1.165, 1.54) is 0 Å². The van der Waals surface area contributed by atoms with Gasteiger partial charge in [0, 0.05) is 6.07 Å². The van der Waals surface area contributed by atoms with E-state index < -0.39 is 0 Å². The molecule has 5 nitrogen and oxygen atoms in total. The van der Waals surface area contributed by atoms with Crippen molar-refractivity contribution in [1.82, 2.24) is 5.53 Å². The molecule has 0 aliphatic rings. The average molecular weight is 204 g/mol. The molecule has 0 atom stereocenters. The zero-order chi connectivity index (χ0) is 8.81. The minimum absolute atomic E-state index is 0. The van der Waals surface area contributed by atoms with Crippen LogP contribution in [0.1, 0.15) is 0 Å². The van der Waals surface area contributed by atoms with E-state index in [1.54, 1.807) is 31.4 Å². The first kappa shape index (κ1) is 11.5. The Morgan fingerprint density at radius 2 is 2.23 bits per heavy atom. The number of hydrogen-bond donors (Lipinski definition) is 2. The molecule has 0 radical (unpaired) electrons. The highest BCUT2D eigenvalue weighted by Gasteiger charge is 1.92. The van der Waals surface area contributed by atoms with Crippen LogP contribution in [0.3, 0.4) is 0 Å². The zero-order valence-corrected chi connectivity index (χ0v) is 7.80. The molecule has 72 valence electrons. The fourth-order valence-corrected chi connectivity index (χ4v) is 0.788. The van der Waals surface area contributed by atoms with Crippen LogP contribution in [0.2, 0.25) is 0 Å². The van der Waals surface area contributed by atoms with Crippen molar-refractivity contribution < 1.29 is 4.74 Å². The van der Waals surface area contributed by atoms with E-state index in [-0.39, 0.29) is 12.4 Å². The summed E-state index contributed by atoms with van der Waals surface area (Å²) >= 11 is 0. The summed E-state index contributed by atoms with van der Waals surface area (Å²) < 4.78 is 4.96. The monoisotopic (exact) mass is 203 g/mol. The van der Waals surface area contributed by atoms with E-state index in [1.807, 2.05) is 0 Å². The first-order valence-corrected chi connectivity index (χ1v) is 3.34. The summed E-state index contributed by atoms with van der Waals surface area (Å²) in [6.45, 7) is 0. The largest absolute Gasteiger partial charge is 0.497 e. The van der Waals surface area contributed by atoms with E-state index in [9.17, 15) is 4.91 Å². The third-order valence-corrected chi connectivity index (χ3v) is 1.32. The van der Waals surface area contributed by atoms with Crippen LogP contribution in [0.4, 0.5) is 5.69 Å². The molecule has 6 heteroatoms. The lowest BCUT2D eigenvalue weighted by molar-refractivity contribution is 0.415. The molecule has 0 unspecified atom stereocenters. The van der Waals surface area contributed by atoms with Gasteiger partial charge >= 0.3 is 0 Å². The van der Waals surface area contributed by atoms with Gasteiger partial charge < -0.3 is 4.74 Å². The van der Waals surface area contributed by atoms with Crippen molar-refractivity contribution >= 4 is 18.1 Å². The normalized spacial score (nSPS) is 8.08. The molecule has 0 saturated carbocycles. The minimum atomic E-state index is 0. The lowest BCUT2D eigenvalue weighted by atomic mass is 10.3. The molecule has 0 aliphatic carbocycles. The summed E-state index contributed by atoms with van der Waals surface area (Å²) in [6.07, 6.45) is 0. The number of nitroso groups, excluding NO2 is 1. The second-order valence-corrected chi connectivity index (χ2v) is 2.06. The number of nitrogens with one attached hydrogen (secondary N) is 2. The van der Waals surface area contributed by atoms with Gasteiger partial charge in [-0.25, -0.2) is 0 Å². The van der Waals surface area contributed by atoms with Gasteiger partial charge in [0.05, 0.1) is 18.1 Å². The molecule has 0 fully saturated rings. The molecule has 1 aromatic carbocycles. The van der Waals surface area contributed by atoms with Crippen LogP contribution in [-0.2, 0) is 0 Å². The molecule has 0 aliphatic heterocycles. The maximum atomic E-state index is 9.68. The fourth-order valence-electron chi connectivity index (χ4n) is 0.788. The highest BCUT2D eigenvalue weighted by atomic mass is 35.5. The molecule has 0 heterocycles. The van der Waals surface area contributed by atoms with Crippen LogP contribution in [0.15, 0.2) is 29.6 Å². The molecule has 0 bridgehead atoms. The van der Waals surface area contributed by atoms with Gasteiger partial charge in [-0.2, -0.15) is 5.53 Å². The van der Waals surface area contributed by atoms with E-state index in [0.717, 1.165) is 0 Å². The van der Waals surface area contributed by atoms with Crippen molar-refractivity contribution in [1.29, 1.82) is 0 Å². The Kier molecular flexibility index (Phi) is 5.38. The van der Waals surface area contributed by atoms with E-state index >= 15 is 0 Å². The summed E-state index contributed by atoms with van der Waals surface area (Å²) in [5.41, 5.74) is 5.36. The maximum Gasteiger partial charge on any atom is 0.120 e. The summed E-state index contributed by atoms with van der Waals surface area (Å²) in [5, 5.41) is 2.43. The number of methoxy groups -OCH3 is 1. The van der Waals surface area contributed by atoms with Gasteiger partial charge in [0.1, 0.15) is 5.75 Å². The fraction of sp³-hybridized carbons (Fsp3) is 0.143. The first-order valence-electron chi connectivity index (χ1n) is 3.34. The Morgan fingerprint density at radius 1 is 1.46 bits per heavy atom. The van der Waals surface area contributed by atoms with E-state index in [2.05, 4.69) is 16.2 Å². The number of anilines is 1. The second-order valence-electron chi connectivity index (χ2n) is 2.06. The Labute approximate surface area is 81.8 Å². The van der Waals surface area contributed by atoms with Crippen molar-refractivity contribution in [3.05, 3.63) is 29.2 Å². The number of hydrazine groups is 1. The van der Waals surface area contributed by atoms with Crippen LogP contribution in [0, 0.1) is 4.91 Å². The van der Waals surface area contributed by atoms with Crippen molar-refractivity contribution in [3.63, 3.8) is 0 Å². The number of ether oxygens (including phenoxy) is 1. The Morgan fingerprint density at radius 3 is 2.85 bits per heavy atom. The van der Waals surface area contributed by atoms with E-state index in [0.29, 0.717) is 11.4 Å².